The normalized spacial score (nSPS) is 10.6. The second-order valence-corrected chi connectivity index (χ2v) is 5.37. The topological polar surface area (TPSA) is 30.5 Å². The fraction of sp³-hybridized carbons (Fsp3) is 0.667. The number of ether oxygens (including phenoxy) is 2. The number of rotatable bonds is 12. The fourth-order valence-electron chi connectivity index (χ4n) is 2.29. The summed E-state index contributed by atoms with van der Waals surface area (Å²) >= 11 is 0. The second-order valence-electron chi connectivity index (χ2n) is 5.37. The van der Waals surface area contributed by atoms with E-state index >= 15 is 0 Å². The number of hydrogen-bond donors (Lipinski definition) is 1. The molecule has 0 bridgehead atoms. The Hall–Kier alpha value is -1.22. The van der Waals surface area contributed by atoms with Crippen LogP contribution >= 0.6 is 0 Å². The van der Waals surface area contributed by atoms with Crippen LogP contribution in [0.1, 0.15) is 57.9 Å². The Kier molecular flexibility index (Phi) is 9.71. The zero-order valence-corrected chi connectivity index (χ0v) is 13.9. The van der Waals surface area contributed by atoms with Crippen molar-refractivity contribution < 1.29 is 9.47 Å². The summed E-state index contributed by atoms with van der Waals surface area (Å²) < 4.78 is 11.2. The summed E-state index contributed by atoms with van der Waals surface area (Å²) in [6, 6.07) is 6.04. The Morgan fingerprint density at radius 3 is 2.48 bits per heavy atom. The number of benzene rings is 1. The van der Waals surface area contributed by atoms with E-state index in [1.807, 2.05) is 12.1 Å². The minimum absolute atomic E-state index is 0.803. The largest absolute Gasteiger partial charge is 0.497 e. The predicted molar refractivity (Wildman–Crippen MR) is 89.2 cm³/mol. The van der Waals surface area contributed by atoms with E-state index in [2.05, 4.69) is 25.2 Å². The third-order valence-corrected chi connectivity index (χ3v) is 3.59. The molecular weight excluding hydrogens is 262 g/mol. The molecule has 0 aliphatic rings. The van der Waals surface area contributed by atoms with E-state index in [-0.39, 0.29) is 0 Å². The Morgan fingerprint density at radius 1 is 1.00 bits per heavy atom. The first kappa shape index (κ1) is 17.8. The molecule has 1 aromatic carbocycles. The minimum Gasteiger partial charge on any atom is -0.497 e. The summed E-state index contributed by atoms with van der Waals surface area (Å²) in [6.07, 6.45) is 7.73. The van der Waals surface area contributed by atoms with Crippen molar-refractivity contribution in [2.24, 2.45) is 0 Å². The lowest BCUT2D eigenvalue weighted by molar-refractivity contribution is 0.300. The van der Waals surface area contributed by atoms with Crippen LogP contribution in [0, 0.1) is 0 Å². The molecule has 0 unspecified atom stereocenters. The number of methoxy groups -OCH3 is 1. The van der Waals surface area contributed by atoms with Gasteiger partial charge in [0.1, 0.15) is 11.5 Å². The minimum atomic E-state index is 0.803. The standard InChI is InChI=1S/C18H31NO2/c1-4-6-7-8-9-10-13-21-18-12-11-17(20-3)14-16(18)15-19-5-2/h11-12,14,19H,4-10,13,15H2,1-3H3. The van der Waals surface area contributed by atoms with Crippen LogP contribution < -0.4 is 14.8 Å². The average Bonchev–Trinajstić information content (AvgIpc) is 2.52. The maximum atomic E-state index is 5.94. The lowest BCUT2D eigenvalue weighted by atomic mass is 10.1. The highest BCUT2D eigenvalue weighted by Crippen LogP contribution is 2.24. The van der Waals surface area contributed by atoms with Gasteiger partial charge in [-0.15, -0.1) is 0 Å². The van der Waals surface area contributed by atoms with Crippen LogP contribution in [-0.2, 0) is 6.54 Å². The zero-order valence-electron chi connectivity index (χ0n) is 13.9. The van der Waals surface area contributed by atoms with Gasteiger partial charge in [0.25, 0.3) is 0 Å². The highest BCUT2D eigenvalue weighted by atomic mass is 16.5. The van der Waals surface area contributed by atoms with E-state index in [1.54, 1.807) is 7.11 Å². The summed E-state index contributed by atoms with van der Waals surface area (Å²) in [5.74, 6) is 1.86. The molecule has 0 heterocycles. The molecule has 0 spiro atoms. The quantitative estimate of drug-likeness (QED) is 0.574. The Balaban J connectivity index is 2.38. The van der Waals surface area contributed by atoms with Crippen LogP contribution in [0.5, 0.6) is 11.5 Å². The van der Waals surface area contributed by atoms with Crippen molar-refractivity contribution in [1.82, 2.24) is 5.32 Å². The summed E-state index contributed by atoms with van der Waals surface area (Å²) in [6.45, 7) is 6.93. The van der Waals surface area contributed by atoms with Crippen molar-refractivity contribution in [3.05, 3.63) is 23.8 Å². The highest BCUT2D eigenvalue weighted by molar-refractivity contribution is 5.40. The van der Waals surface area contributed by atoms with Gasteiger partial charge >= 0.3 is 0 Å². The van der Waals surface area contributed by atoms with Gasteiger partial charge in [-0.05, 0) is 31.2 Å². The lowest BCUT2D eigenvalue weighted by Crippen LogP contribution is -2.13. The fourth-order valence-corrected chi connectivity index (χ4v) is 2.29. The summed E-state index contributed by atoms with van der Waals surface area (Å²) in [5, 5.41) is 3.35. The van der Waals surface area contributed by atoms with Crippen molar-refractivity contribution in [3.63, 3.8) is 0 Å². The molecule has 3 nitrogen and oxygen atoms in total. The first-order chi connectivity index (χ1) is 10.3. The number of unbranched alkanes of at least 4 members (excludes halogenated alkanes) is 5. The van der Waals surface area contributed by atoms with Crippen LogP contribution in [0.25, 0.3) is 0 Å². The van der Waals surface area contributed by atoms with Gasteiger partial charge in [0.15, 0.2) is 0 Å². The van der Waals surface area contributed by atoms with Crippen LogP contribution in [0.3, 0.4) is 0 Å². The molecule has 3 heteroatoms. The van der Waals surface area contributed by atoms with Gasteiger partial charge < -0.3 is 14.8 Å². The molecule has 1 rings (SSSR count). The van der Waals surface area contributed by atoms with E-state index in [4.69, 9.17) is 9.47 Å². The van der Waals surface area contributed by atoms with Gasteiger partial charge in [-0.1, -0.05) is 46.0 Å². The van der Waals surface area contributed by atoms with Crippen molar-refractivity contribution in [3.8, 4) is 11.5 Å². The molecule has 0 amide bonds. The molecule has 1 aromatic rings. The highest BCUT2D eigenvalue weighted by Gasteiger charge is 2.05. The number of hydrogen-bond acceptors (Lipinski definition) is 3. The van der Waals surface area contributed by atoms with Gasteiger partial charge in [0.05, 0.1) is 13.7 Å². The van der Waals surface area contributed by atoms with E-state index < -0.39 is 0 Å². The average molecular weight is 293 g/mol. The molecular formula is C18H31NO2. The van der Waals surface area contributed by atoms with Crippen LogP contribution in [0.4, 0.5) is 0 Å². The summed E-state index contributed by atoms with van der Waals surface area (Å²) in [7, 11) is 1.70. The van der Waals surface area contributed by atoms with Crippen LogP contribution in [0.2, 0.25) is 0 Å². The molecule has 0 saturated carbocycles. The summed E-state index contributed by atoms with van der Waals surface area (Å²) in [4.78, 5) is 0. The molecule has 0 aliphatic carbocycles. The molecule has 0 aromatic heterocycles. The molecule has 0 atom stereocenters. The first-order valence-electron chi connectivity index (χ1n) is 8.32. The van der Waals surface area contributed by atoms with E-state index in [0.717, 1.165) is 37.6 Å². The Morgan fingerprint density at radius 2 is 1.76 bits per heavy atom. The van der Waals surface area contributed by atoms with Crippen molar-refractivity contribution in [2.45, 2.75) is 58.9 Å². The van der Waals surface area contributed by atoms with Gasteiger partial charge in [-0.25, -0.2) is 0 Å². The summed E-state index contributed by atoms with van der Waals surface area (Å²) in [5.41, 5.74) is 1.17. The van der Waals surface area contributed by atoms with Gasteiger partial charge in [-0.3, -0.25) is 0 Å². The molecule has 0 radical (unpaired) electrons. The molecule has 0 saturated heterocycles. The second kappa shape index (κ2) is 11.4. The smallest absolute Gasteiger partial charge is 0.124 e. The van der Waals surface area contributed by atoms with E-state index in [9.17, 15) is 0 Å². The third kappa shape index (κ3) is 7.37. The molecule has 120 valence electrons. The van der Waals surface area contributed by atoms with Crippen LogP contribution in [-0.4, -0.2) is 20.3 Å². The molecule has 21 heavy (non-hydrogen) atoms. The maximum Gasteiger partial charge on any atom is 0.124 e. The van der Waals surface area contributed by atoms with Gasteiger partial charge in [0.2, 0.25) is 0 Å². The number of nitrogens with one attached hydrogen (secondary N) is 1. The van der Waals surface area contributed by atoms with Crippen molar-refractivity contribution >= 4 is 0 Å². The van der Waals surface area contributed by atoms with E-state index in [0.29, 0.717) is 0 Å². The molecule has 1 N–H and O–H groups in total. The predicted octanol–water partition coefficient (Wildman–Crippen LogP) is 4.54. The van der Waals surface area contributed by atoms with Gasteiger partial charge in [0, 0.05) is 12.1 Å². The van der Waals surface area contributed by atoms with E-state index in [1.165, 1.54) is 37.7 Å². The monoisotopic (exact) mass is 293 g/mol. The first-order valence-corrected chi connectivity index (χ1v) is 8.32. The lowest BCUT2D eigenvalue weighted by Gasteiger charge is -2.13. The van der Waals surface area contributed by atoms with Crippen molar-refractivity contribution in [2.75, 3.05) is 20.3 Å². The molecule has 0 aliphatic heterocycles. The SMILES string of the molecule is CCCCCCCCOc1ccc(OC)cc1CNCC. The van der Waals surface area contributed by atoms with Gasteiger partial charge in [-0.2, -0.15) is 0 Å². The van der Waals surface area contributed by atoms with Crippen molar-refractivity contribution in [1.29, 1.82) is 0 Å². The third-order valence-electron chi connectivity index (χ3n) is 3.59. The Bertz CT molecular complexity index is 379. The zero-order chi connectivity index (χ0) is 15.3. The Labute approximate surface area is 130 Å². The maximum absolute atomic E-state index is 5.94. The van der Waals surface area contributed by atoms with Crippen LogP contribution in [0.15, 0.2) is 18.2 Å². The molecule has 0 fully saturated rings.